The highest BCUT2D eigenvalue weighted by molar-refractivity contribution is 7.57. The number of halogens is 2. The Labute approximate surface area is 337 Å². The van der Waals surface area contributed by atoms with E-state index in [1.807, 2.05) is 0 Å². The van der Waals surface area contributed by atoms with Crippen molar-refractivity contribution in [2.45, 2.75) is 89.1 Å². The van der Waals surface area contributed by atoms with Crippen molar-refractivity contribution in [2.75, 3.05) is 31.7 Å². The van der Waals surface area contributed by atoms with E-state index in [0.29, 0.717) is 0 Å². The number of rotatable bonds is 10. The van der Waals surface area contributed by atoms with Gasteiger partial charge in [-0.05, 0) is 33.8 Å². The number of carbonyl (C=O) groups is 2. The molecule has 60 heavy (non-hydrogen) atoms. The fourth-order valence-electron chi connectivity index (χ4n) is 6.06. The minimum atomic E-state index is -5.13. The van der Waals surface area contributed by atoms with Crippen molar-refractivity contribution in [1.82, 2.24) is 39.0 Å². The first-order chi connectivity index (χ1) is 28.5. The van der Waals surface area contributed by atoms with Crippen LogP contribution in [0.2, 0.25) is 0 Å². The van der Waals surface area contributed by atoms with Gasteiger partial charge in [0.15, 0.2) is 47.7 Å². The number of phosphoric acid groups is 1. The van der Waals surface area contributed by atoms with Crippen LogP contribution in [0.1, 0.15) is 40.2 Å². The summed E-state index contributed by atoms with van der Waals surface area (Å²) in [4.78, 5) is 48.5. The minimum Gasteiger partial charge on any atom is -0.432 e. The number of alkyl halides is 2. The smallest absolute Gasteiger partial charge is 0.432 e. The summed E-state index contributed by atoms with van der Waals surface area (Å²) in [6.07, 6.45) is -13.2. The average molecular weight is 891 g/mol. The van der Waals surface area contributed by atoms with Crippen LogP contribution >= 0.6 is 15.4 Å². The highest BCUT2D eigenvalue weighted by atomic mass is 31.2. The molecule has 2 saturated heterocycles. The van der Waals surface area contributed by atoms with Gasteiger partial charge < -0.3 is 39.9 Å². The zero-order valence-electron chi connectivity index (χ0n) is 31.9. The van der Waals surface area contributed by atoms with Gasteiger partial charge in [0.1, 0.15) is 48.1 Å². The molecule has 0 bridgehead atoms. The van der Waals surface area contributed by atoms with Gasteiger partial charge in [-0.25, -0.2) is 57.4 Å². The predicted molar refractivity (Wildman–Crippen MR) is 194 cm³/mol. The molecule has 0 radical (unpaired) electrons. The van der Waals surface area contributed by atoms with E-state index in [0.717, 1.165) is 46.3 Å². The summed E-state index contributed by atoms with van der Waals surface area (Å²) < 4.78 is 124. The zero-order chi connectivity index (χ0) is 42.9. The Morgan fingerprint density at radius 2 is 1.32 bits per heavy atom. The lowest BCUT2D eigenvalue weighted by Crippen LogP contribution is -2.35. The van der Waals surface area contributed by atoms with E-state index >= 15 is 8.78 Å². The van der Waals surface area contributed by atoms with Crippen LogP contribution in [0, 0.1) is 0 Å². The van der Waals surface area contributed by atoms with Gasteiger partial charge in [-0.1, -0.05) is 0 Å². The van der Waals surface area contributed by atoms with Crippen LogP contribution in [0.5, 0.6) is 0 Å². The Morgan fingerprint density at radius 3 is 1.88 bits per heavy atom. The van der Waals surface area contributed by atoms with Gasteiger partial charge in [0, 0.05) is 5.82 Å². The first kappa shape index (κ1) is 43.1. The second kappa shape index (κ2) is 17.6. The number of ether oxygens (including phenoxy) is 6. The summed E-state index contributed by atoms with van der Waals surface area (Å²) in [5.74, 6) is 0.696. The van der Waals surface area contributed by atoms with Crippen LogP contribution in [0.3, 0.4) is 0 Å². The Hall–Kier alpha value is -4.98. The second-order valence-corrected chi connectivity index (χ2v) is 17.0. The van der Waals surface area contributed by atoms with Crippen LogP contribution in [0.4, 0.5) is 30.0 Å². The lowest BCUT2D eigenvalue weighted by Gasteiger charge is -2.28. The Balaban J connectivity index is 1.25. The number of nitrogens with two attached hydrogens (primary N) is 2. The third-order valence-corrected chi connectivity index (χ3v) is 11.6. The Morgan fingerprint density at radius 1 is 0.783 bits per heavy atom. The molecule has 29 heteroatoms. The van der Waals surface area contributed by atoms with Crippen molar-refractivity contribution >= 4 is 61.7 Å². The molecular weight excluding hydrogens is 852 g/mol. The molecule has 25 nitrogen and oxygen atoms in total. The second-order valence-electron chi connectivity index (χ2n) is 13.5. The topological polar surface area (TPSA) is 309 Å². The lowest BCUT2D eigenvalue weighted by molar-refractivity contribution is -0.0627. The number of imidazole rings is 2. The quantitative estimate of drug-likeness (QED) is 0.129. The number of fused-ring (bicyclic) bond motifs is 4. The number of phosphoric ester groups is 1. The third-order valence-electron chi connectivity index (χ3n) is 8.63. The molecule has 3 aliphatic rings. The van der Waals surface area contributed by atoms with Crippen molar-refractivity contribution in [1.29, 1.82) is 0 Å². The third kappa shape index (κ3) is 9.18. The van der Waals surface area contributed by atoms with Crippen LogP contribution in [-0.4, -0.2) is 121 Å². The van der Waals surface area contributed by atoms with E-state index in [2.05, 4.69) is 29.9 Å². The molecule has 0 saturated carbocycles. The maximum atomic E-state index is 16.8. The summed E-state index contributed by atoms with van der Waals surface area (Å²) in [5.41, 5.74) is 12.1. The molecule has 326 valence electrons. The van der Waals surface area contributed by atoms with Crippen molar-refractivity contribution in [3.63, 3.8) is 0 Å². The van der Waals surface area contributed by atoms with Crippen LogP contribution in [-0.2, 0) is 60.2 Å². The van der Waals surface area contributed by atoms with Gasteiger partial charge in [-0.15, -0.1) is 0 Å². The molecule has 4 N–H and O–H groups in total. The van der Waals surface area contributed by atoms with E-state index < -0.39 is 109 Å². The molecule has 2 unspecified atom stereocenters. The van der Waals surface area contributed by atoms with Gasteiger partial charge in [0.05, 0.1) is 31.5 Å². The van der Waals surface area contributed by atoms with E-state index in [9.17, 15) is 18.7 Å². The minimum absolute atomic E-state index is 0.0281. The van der Waals surface area contributed by atoms with E-state index in [-0.39, 0.29) is 34.0 Å². The number of nitrogens with zero attached hydrogens (tertiary/aromatic N) is 8. The summed E-state index contributed by atoms with van der Waals surface area (Å²) >= 11 is 0. The molecule has 3 aliphatic heterocycles. The molecule has 0 aliphatic carbocycles. The predicted octanol–water partition coefficient (Wildman–Crippen LogP) is 3.99. The molecule has 7 rings (SSSR count). The van der Waals surface area contributed by atoms with E-state index in [4.69, 9.17) is 62.5 Å². The highest BCUT2D eigenvalue weighted by Crippen LogP contribution is 2.58. The normalized spacial score (nSPS) is 31.3. The van der Waals surface area contributed by atoms with Crippen molar-refractivity contribution in [2.24, 2.45) is 0 Å². The molecule has 0 amide bonds. The van der Waals surface area contributed by atoms with Crippen LogP contribution in [0.15, 0.2) is 37.2 Å². The fourth-order valence-corrected chi connectivity index (χ4v) is 8.69. The van der Waals surface area contributed by atoms with Gasteiger partial charge >= 0.3 is 27.7 Å². The number of aromatic nitrogens is 8. The Kier molecular flexibility index (Phi) is 12.6. The SMILES string of the molecule is CC(C)OC(=O)OCOP1(=O)/C=C\[C@H]2O[C@@H](n3cnc4c(N)ncnc43)[C@H](F)[C@@H]2OP(=O)(OCOC(=O)OC(C)C)OC[C@H]2O[C@@H](n3cnc4c(N)ncnc43)[C@H](F)[C@@H]2O1. The fraction of sp³-hybridized carbons (Fsp3) is 0.548. The average Bonchev–Trinajstić information content (AvgIpc) is 3.94. The number of nitrogen functional groups attached to an aromatic ring is 2. The molecule has 7 heterocycles. The number of hydrogen-bond acceptors (Lipinski definition) is 23. The highest BCUT2D eigenvalue weighted by Gasteiger charge is 2.54. The first-order valence-corrected chi connectivity index (χ1v) is 20.9. The van der Waals surface area contributed by atoms with Crippen LogP contribution < -0.4 is 11.5 Å². The molecular formula is C31H38F2N10O15P2. The van der Waals surface area contributed by atoms with Gasteiger partial charge in [0.2, 0.25) is 13.6 Å². The van der Waals surface area contributed by atoms with E-state index in [1.54, 1.807) is 13.8 Å². The molecule has 4 aromatic rings. The van der Waals surface area contributed by atoms with E-state index in [1.165, 1.54) is 13.8 Å². The summed E-state index contributed by atoms with van der Waals surface area (Å²) in [5, 5.41) is 0. The lowest BCUT2D eigenvalue weighted by atomic mass is 10.1. The van der Waals surface area contributed by atoms with Gasteiger partial charge in [-0.3, -0.25) is 31.8 Å². The first-order valence-electron chi connectivity index (χ1n) is 17.9. The molecule has 2 fully saturated rings. The van der Waals surface area contributed by atoms with Gasteiger partial charge in [-0.2, -0.15) is 0 Å². The monoisotopic (exact) mass is 890 g/mol. The zero-order valence-corrected chi connectivity index (χ0v) is 33.7. The standard InChI is InChI=1S/C31H38F2N10O15P2/c1-14(2)53-30(44)48-12-51-59(46)6-5-16-22(18(32)28(55-16)42-10-40-20-24(34)36-8-38-26(20)42)58-60(47,52-13-49-31(45)54-15(3)4)50-7-17-23(57-59)19(33)29(56-17)43-11-41-21-25(35)37-9-39-27(21)43/h5-6,8-11,14-19,22-23,28-29H,7,12-13H2,1-4H3,(H2,34,36,38)(H2,35,37,39)/b6-5-/t16-,17-,18-,19-,22-,23-,28-,29-,59?,60?/m1/s1. The van der Waals surface area contributed by atoms with Gasteiger partial charge in [0.25, 0.3) is 0 Å². The molecule has 0 spiro atoms. The Bertz CT molecular complexity index is 2340. The molecule has 4 aromatic heterocycles. The molecule has 0 aromatic carbocycles. The number of carbonyl (C=O) groups excluding carboxylic acids is 2. The summed E-state index contributed by atoms with van der Waals surface area (Å²) in [6.45, 7) is 3.07. The maximum Gasteiger partial charge on any atom is 0.510 e. The summed E-state index contributed by atoms with van der Waals surface area (Å²) in [7, 11) is -9.97. The van der Waals surface area contributed by atoms with Crippen molar-refractivity contribution in [3.05, 3.63) is 37.2 Å². The van der Waals surface area contributed by atoms with Crippen molar-refractivity contribution < 1.29 is 78.5 Å². The van der Waals surface area contributed by atoms with Crippen molar-refractivity contribution in [3.8, 4) is 0 Å². The molecule has 10 atom stereocenters. The number of anilines is 2. The maximum absolute atomic E-state index is 16.8. The van der Waals surface area contributed by atoms with Crippen LogP contribution in [0.25, 0.3) is 22.3 Å². The summed E-state index contributed by atoms with van der Waals surface area (Å²) in [6, 6.07) is 0. The largest absolute Gasteiger partial charge is 0.510 e. The number of hydrogen-bond donors (Lipinski definition) is 2.